The van der Waals surface area contributed by atoms with Crippen LogP contribution >= 0.6 is 0 Å². The molecule has 1 saturated carbocycles. The molecule has 0 atom stereocenters. The molecule has 1 aromatic rings. The maximum Gasteiger partial charge on any atom is 0.404 e. The van der Waals surface area contributed by atoms with Crippen molar-refractivity contribution in [3.8, 4) is 0 Å². The minimum atomic E-state index is -1.23. The van der Waals surface area contributed by atoms with Crippen LogP contribution in [0.25, 0.3) is 0 Å². The maximum absolute atomic E-state index is 12.6. The van der Waals surface area contributed by atoms with E-state index in [0.717, 1.165) is 12.8 Å². The van der Waals surface area contributed by atoms with Gasteiger partial charge in [0.1, 0.15) is 0 Å². The first-order chi connectivity index (χ1) is 9.58. The van der Waals surface area contributed by atoms with Gasteiger partial charge < -0.3 is 15.7 Å². The standard InChI is InChI=1S/C12H15FN4O3/c13-3-8(4-14-12(19)20)6-17-7-9(5-15-17)11(18)16-10-1-2-10/h3,5,7,10,14H,1-2,4,6H2,(H,16,18)(H,19,20)/b8-3+. The predicted octanol–water partition coefficient (Wildman–Crippen LogP) is 0.896. The third kappa shape index (κ3) is 4.08. The number of carboxylic acid groups (broad SMARTS) is 1. The molecule has 1 heterocycles. The van der Waals surface area contributed by atoms with Gasteiger partial charge in [-0.25, -0.2) is 9.18 Å². The van der Waals surface area contributed by atoms with E-state index < -0.39 is 6.09 Å². The minimum Gasteiger partial charge on any atom is -0.465 e. The Kier molecular flexibility index (Phi) is 4.34. The van der Waals surface area contributed by atoms with Gasteiger partial charge in [0.2, 0.25) is 0 Å². The smallest absolute Gasteiger partial charge is 0.404 e. The van der Waals surface area contributed by atoms with Gasteiger partial charge in [-0.2, -0.15) is 5.10 Å². The molecule has 108 valence electrons. The van der Waals surface area contributed by atoms with Crippen LogP contribution in [0.4, 0.5) is 9.18 Å². The van der Waals surface area contributed by atoms with Crippen molar-refractivity contribution in [3.63, 3.8) is 0 Å². The summed E-state index contributed by atoms with van der Waals surface area (Å²) in [4.78, 5) is 22.1. The van der Waals surface area contributed by atoms with Gasteiger partial charge in [-0.15, -0.1) is 0 Å². The van der Waals surface area contributed by atoms with Crippen molar-refractivity contribution in [1.82, 2.24) is 20.4 Å². The lowest BCUT2D eigenvalue weighted by Crippen LogP contribution is -2.25. The van der Waals surface area contributed by atoms with Gasteiger partial charge in [0.15, 0.2) is 0 Å². The van der Waals surface area contributed by atoms with Crippen LogP contribution in [-0.2, 0) is 6.54 Å². The van der Waals surface area contributed by atoms with E-state index in [1.807, 2.05) is 0 Å². The molecule has 0 unspecified atom stereocenters. The molecule has 3 N–H and O–H groups in total. The van der Waals surface area contributed by atoms with Gasteiger partial charge >= 0.3 is 6.09 Å². The Morgan fingerprint density at radius 3 is 2.90 bits per heavy atom. The van der Waals surface area contributed by atoms with Gasteiger partial charge in [0, 0.05) is 18.8 Å². The highest BCUT2D eigenvalue weighted by Gasteiger charge is 2.24. The zero-order valence-corrected chi connectivity index (χ0v) is 10.7. The molecule has 0 saturated heterocycles. The van der Waals surface area contributed by atoms with Crippen LogP contribution in [0.1, 0.15) is 23.2 Å². The summed E-state index contributed by atoms with van der Waals surface area (Å²) in [5.74, 6) is -0.201. The summed E-state index contributed by atoms with van der Waals surface area (Å²) < 4.78 is 14.0. The van der Waals surface area contributed by atoms with Crippen molar-refractivity contribution in [3.05, 3.63) is 29.9 Å². The third-order valence-electron chi connectivity index (χ3n) is 2.79. The number of rotatable bonds is 6. The molecule has 0 spiro atoms. The summed E-state index contributed by atoms with van der Waals surface area (Å²) in [6.07, 6.45) is 4.00. The minimum absolute atomic E-state index is 0.0769. The predicted molar refractivity (Wildman–Crippen MR) is 67.9 cm³/mol. The molecule has 0 radical (unpaired) electrons. The largest absolute Gasteiger partial charge is 0.465 e. The normalized spacial score (nSPS) is 14.9. The molecular formula is C12H15FN4O3. The van der Waals surface area contributed by atoms with Gasteiger partial charge in [-0.1, -0.05) is 0 Å². The van der Waals surface area contributed by atoms with E-state index in [0.29, 0.717) is 11.9 Å². The Hall–Kier alpha value is -2.38. The Labute approximate surface area is 114 Å². The topological polar surface area (TPSA) is 96.2 Å². The molecule has 1 aliphatic rings. The number of amides is 2. The highest BCUT2D eigenvalue weighted by atomic mass is 19.1. The third-order valence-corrected chi connectivity index (χ3v) is 2.79. The second-order valence-corrected chi connectivity index (χ2v) is 4.60. The number of hydrogen-bond donors (Lipinski definition) is 3. The van der Waals surface area contributed by atoms with Crippen LogP contribution in [0.15, 0.2) is 24.3 Å². The number of hydrogen-bond acceptors (Lipinski definition) is 3. The van der Waals surface area contributed by atoms with Gasteiger partial charge in [0.05, 0.1) is 24.6 Å². The molecule has 8 heteroatoms. The van der Waals surface area contributed by atoms with Crippen molar-refractivity contribution >= 4 is 12.0 Å². The van der Waals surface area contributed by atoms with Crippen LogP contribution in [0.5, 0.6) is 0 Å². The van der Waals surface area contributed by atoms with Crippen molar-refractivity contribution in [1.29, 1.82) is 0 Å². The lowest BCUT2D eigenvalue weighted by Gasteiger charge is -2.05. The van der Waals surface area contributed by atoms with E-state index in [-0.39, 0.29) is 30.6 Å². The lowest BCUT2D eigenvalue weighted by atomic mass is 10.3. The Morgan fingerprint density at radius 2 is 2.30 bits per heavy atom. The second-order valence-electron chi connectivity index (χ2n) is 4.60. The van der Waals surface area contributed by atoms with E-state index in [2.05, 4.69) is 15.7 Å². The quantitative estimate of drug-likeness (QED) is 0.722. The van der Waals surface area contributed by atoms with Crippen LogP contribution < -0.4 is 10.6 Å². The number of carbonyl (C=O) groups excluding carboxylic acids is 1. The Bertz CT molecular complexity index is 537. The molecule has 7 nitrogen and oxygen atoms in total. The zero-order valence-electron chi connectivity index (χ0n) is 10.7. The van der Waals surface area contributed by atoms with Crippen LogP contribution in [0.2, 0.25) is 0 Å². The van der Waals surface area contributed by atoms with Crippen molar-refractivity contribution in [2.45, 2.75) is 25.4 Å². The van der Waals surface area contributed by atoms with E-state index in [1.54, 1.807) is 0 Å². The molecule has 1 aromatic heterocycles. The molecule has 2 amide bonds. The highest BCUT2D eigenvalue weighted by molar-refractivity contribution is 5.94. The first-order valence-electron chi connectivity index (χ1n) is 6.16. The Balaban J connectivity index is 1.90. The van der Waals surface area contributed by atoms with Gasteiger partial charge in [-0.3, -0.25) is 9.48 Å². The molecule has 0 aliphatic heterocycles. The van der Waals surface area contributed by atoms with Crippen molar-refractivity contribution < 1.29 is 19.1 Å². The second kappa shape index (κ2) is 6.18. The highest BCUT2D eigenvalue weighted by Crippen LogP contribution is 2.19. The molecular weight excluding hydrogens is 267 g/mol. The van der Waals surface area contributed by atoms with Crippen molar-refractivity contribution in [2.75, 3.05) is 6.54 Å². The van der Waals surface area contributed by atoms with Crippen LogP contribution in [0.3, 0.4) is 0 Å². The summed E-state index contributed by atoms with van der Waals surface area (Å²) >= 11 is 0. The summed E-state index contributed by atoms with van der Waals surface area (Å²) in [7, 11) is 0. The molecule has 0 bridgehead atoms. The summed E-state index contributed by atoms with van der Waals surface area (Å²) in [5.41, 5.74) is 0.617. The fraction of sp³-hybridized carbons (Fsp3) is 0.417. The van der Waals surface area contributed by atoms with E-state index >= 15 is 0 Å². The molecule has 1 fully saturated rings. The van der Waals surface area contributed by atoms with Crippen LogP contribution in [0, 0.1) is 0 Å². The maximum atomic E-state index is 12.6. The summed E-state index contributed by atoms with van der Waals surface area (Å²) in [5, 5.41) is 17.3. The fourth-order valence-corrected chi connectivity index (χ4v) is 1.59. The number of carbonyl (C=O) groups is 2. The SMILES string of the molecule is O=C(O)NC/C(=C\F)Cn1cc(C(=O)NC2CC2)cn1. The first kappa shape index (κ1) is 14.0. The van der Waals surface area contributed by atoms with E-state index in [1.165, 1.54) is 17.1 Å². The van der Waals surface area contributed by atoms with E-state index in [9.17, 15) is 14.0 Å². The molecule has 20 heavy (non-hydrogen) atoms. The monoisotopic (exact) mass is 282 g/mol. The van der Waals surface area contributed by atoms with Gasteiger partial charge in [-0.05, 0) is 18.4 Å². The number of nitrogens with one attached hydrogen (secondary N) is 2. The number of aromatic nitrogens is 2. The molecule has 1 aliphatic carbocycles. The zero-order chi connectivity index (χ0) is 14.5. The Morgan fingerprint density at radius 1 is 1.55 bits per heavy atom. The number of nitrogens with zero attached hydrogens (tertiary/aromatic N) is 2. The van der Waals surface area contributed by atoms with Crippen molar-refractivity contribution in [2.24, 2.45) is 0 Å². The lowest BCUT2D eigenvalue weighted by molar-refractivity contribution is 0.0951. The van der Waals surface area contributed by atoms with E-state index in [4.69, 9.17) is 5.11 Å². The fourth-order valence-electron chi connectivity index (χ4n) is 1.59. The van der Waals surface area contributed by atoms with Crippen LogP contribution in [-0.4, -0.2) is 39.5 Å². The molecule has 0 aromatic carbocycles. The average Bonchev–Trinajstić information content (AvgIpc) is 3.10. The summed E-state index contributed by atoms with van der Waals surface area (Å²) in [6.45, 7) is -0.0528. The van der Waals surface area contributed by atoms with Gasteiger partial charge in [0.25, 0.3) is 5.91 Å². The summed E-state index contributed by atoms with van der Waals surface area (Å²) in [6, 6.07) is 0.256. The first-order valence-corrected chi connectivity index (χ1v) is 6.16. The average molecular weight is 282 g/mol. The molecule has 2 rings (SSSR count). The number of halogens is 1.